The molecule has 0 unspecified atom stereocenters. The number of pyridine rings is 1. The van der Waals surface area contributed by atoms with Gasteiger partial charge in [0.25, 0.3) is 0 Å². The highest BCUT2D eigenvalue weighted by Gasteiger charge is 2.31. The first-order valence-corrected chi connectivity index (χ1v) is 7.50. The lowest BCUT2D eigenvalue weighted by Crippen LogP contribution is -2.20. The van der Waals surface area contributed by atoms with Crippen LogP contribution in [0.25, 0.3) is 10.9 Å². The predicted molar refractivity (Wildman–Crippen MR) is 85.6 cm³/mol. The van der Waals surface area contributed by atoms with Crippen molar-refractivity contribution in [3.05, 3.63) is 81.1 Å². The van der Waals surface area contributed by atoms with E-state index in [1.165, 1.54) is 12.1 Å². The van der Waals surface area contributed by atoms with Gasteiger partial charge in [-0.05, 0) is 30.3 Å². The van der Waals surface area contributed by atoms with Gasteiger partial charge < -0.3 is 9.67 Å². The zero-order chi connectivity index (χ0) is 19.9. The van der Waals surface area contributed by atoms with E-state index in [-0.39, 0.29) is 10.9 Å². The van der Waals surface area contributed by atoms with Crippen LogP contribution < -0.4 is 5.43 Å². The number of aromatic nitrogens is 1. The minimum absolute atomic E-state index is 0.276. The number of carboxylic acid groups (broad SMARTS) is 1. The molecule has 0 amide bonds. The zero-order valence-corrected chi connectivity index (χ0v) is 13.3. The Morgan fingerprint density at radius 1 is 1.07 bits per heavy atom. The molecular weight excluding hydrogens is 373 g/mol. The van der Waals surface area contributed by atoms with Gasteiger partial charge in [0.1, 0.15) is 17.2 Å². The van der Waals surface area contributed by atoms with E-state index in [0.29, 0.717) is 18.2 Å². The Morgan fingerprint density at radius 2 is 1.78 bits per heavy atom. The molecule has 0 saturated carbocycles. The van der Waals surface area contributed by atoms with Gasteiger partial charge in [-0.25, -0.2) is 13.6 Å². The normalized spacial score (nSPS) is 11.7. The molecule has 1 heterocycles. The second-order valence-electron chi connectivity index (χ2n) is 5.74. The Kier molecular flexibility index (Phi) is 4.46. The van der Waals surface area contributed by atoms with Gasteiger partial charge in [-0.1, -0.05) is 6.07 Å². The summed E-state index contributed by atoms with van der Waals surface area (Å²) >= 11 is 0. The number of aromatic carboxylic acids is 1. The molecule has 1 aromatic heterocycles. The molecule has 3 rings (SSSR count). The van der Waals surface area contributed by atoms with Gasteiger partial charge in [-0.2, -0.15) is 13.2 Å². The topological polar surface area (TPSA) is 59.3 Å². The SMILES string of the molecule is O=C(O)c1cn(Cc2cc(C(F)(F)F)ccc2F)c2c(F)cccc2c1=O. The number of para-hydroxylation sites is 1. The first kappa shape index (κ1) is 18.6. The van der Waals surface area contributed by atoms with Crippen molar-refractivity contribution in [1.82, 2.24) is 4.57 Å². The quantitative estimate of drug-likeness (QED) is 0.695. The number of alkyl halides is 3. The number of nitrogens with zero attached hydrogens (tertiary/aromatic N) is 1. The maximum Gasteiger partial charge on any atom is 0.416 e. The number of hydrogen-bond donors (Lipinski definition) is 1. The molecule has 0 fully saturated rings. The molecule has 0 aliphatic heterocycles. The Morgan fingerprint density at radius 3 is 2.41 bits per heavy atom. The monoisotopic (exact) mass is 383 g/mol. The molecule has 0 radical (unpaired) electrons. The predicted octanol–water partition coefficient (Wildman–Crippen LogP) is 4.05. The maximum atomic E-state index is 14.3. The molecule has 140 valence electrons. The number of benzene rings is 2. The Balaban J connectivity index is 2.25. The maximum absolute atomic E-state index is 14.3. The summed E-state index contributed by atoms with van der Waals surface area (Å²) in [5, 5.41) is 8.88. The minimum Gasteiger partial charge on any atom is -0.477 e. The number of rotatable bonds is 3. The summed E-state index contributed by atoms with van der Waals surface area (Å²) in [4.78, 5) is 23.5. The summed E-state index contributed by atoms with van der Waals surface area (Å²) in [5.74, 6) is -3.47. The summed E-state index contributed by atoms with van der Waals surface area (Å²) in [6.07, 6.45) is -3.93. The van der Waals surface area contributed by atoms with Crippen LogP contribution in [0, 0.1) is 11.6 Å². The molecule has 9 heteroatoms. The number of carbonyl (C=O) groups is 1. The molecule has 2 aromatic carbocycles. The molecule has 0 aliphatic rings. The summed E-state index contributed by atoms with van der Waals surface area (Å²) in [6, 6.07) is 5.12. The van der Waals surface area contributed by atoms with Crippen molar-refractivity contribution in [3.8, 4) is 0 Å². The number of hydrogen-bond acceptors (Lipinski definition) is 2. The fraction of sp³-hybridized carbons (Fsp3) is 0.111. The van der Waals surface area contributed by atoms with E-state index in [1.807, 2.05) is 0 Å². The molecule has 4 nitrogen and oxygen atoms in total. The zero-order valence-electron chi connectivity index (χ0n) is 13.3. The van der Waals surface area contributed by atoms with E-state index < -0.39 is 52.4 Å². The molecular formula is C18H10F5NO3. The van der Waals surface area contributed by atoms with Crippen LogP contribution in [0.3, 0.4) is 0 Å². The largest absolute Gasteiger partial charge is 0.477 e. The van der Waals surface area contributed by atoms with Gasteiger partial charge in [0.2, 0.25) is 5.43 Å². The highest BCUT2D eigenvalue weighted by atomic mass is 19.4. The number of halogens is 5. The first-order chi connectivity index (χ1) is 12.6. The summed E-state index contributed by atoms with van der Waals surface area (Å²) < 4.78 is 67.8. The van der Waals surface area contributed by atoms with Crippen LogP contribution in [0.4, 0.5) is 22.0 Å². The van der Waals surface area contributed by atoms with Crippen LogP contribution >= 0.6 is 0 Å². The Hall–Kier alpha value is -3.23. The molecule has 27 heavy (non-hydrogen) atoms. The average molecular weight is 383 g/mol. The lowest BCUT2D eigenvalue weighted by molar-refractivity contribution is -0.137. The van der Waals surface area contributed by atoms with Crippen molar-refractivity contribution >= 4 is 16.9 Å². The van der Waals surface area contributed by atoms with Crippen LogP contribution in [-0.4, -0.2) is 15.6 Å². The van der Waals surface area contributed by atoms with E-state index in [2.05, 4.69) is 0 Å². The summed E-state index contributed by atoms with van der Waals surface area (Å²) in [5.41, 5.74) is -3.53. The van der Waals surface area contributed by atoms with Crippen LogP contribution in [0.15, 0.2) is 47.4 Å². The molecule has 0 saturated heterocycles. The van der Waals surface area contributed by atoms with Crippen molar-refractivity contribution in [2.45, 2.75) is 12.7 Å². The average Bonchev–Trinajstić information content (AvgIpc) is 2.58. The standard InChI is InChI=1S/C18H10F5NO3/c19-13-5-4-10(18(21,22)23)6-9(13)7-24-8-12(17(26)27)16(25)11-2-1-3-14(20)15(11)24/h1-6,8H,7H2,(H,26,27). The van der Waals surface area contributed by atoms with E-state index in [4.69, 9.17) is 5.11 Å². The van der Waals surface area contributed by atoms with Crippen LogP contribution in [0.1, 0.15) is 21.5 Å². The first-order valence-electron chi connectivity index (χ1n) is 7.50. The highest BCUT2D eigenvalue weighted by molar-refractivity contribution is 5.92. The highest BCUT2D eigenvalue weighted by Crippen LogP contribution is 2.31. The fourth-order valence-corrected chi connectivity index (χ4v) is 2.75. The third-order valence-corrected chi connectivity index (χ3v) is 3.99. The second kappa shape index (κ2) is 6.49. The van der Waals surface area contributed by atoms with Gasteiger partial charge in [-0.3, -0.25) is 4.79 Å². The Bertz CT molecular complexity index is 1120. The summed E-state index contributed by atoms with van der Waals surface area (Å²) in [6.45, 7) is -0.603. The molecule has 0 aliphatic carbocycles. The van der Waals surface area contributed by atoms with Gasteiger partial charge in [0.05, 0.1) is 17.6 Å². The smallest absolute Gasteiger partial charge is 0.416 e. The molecule has 0 spiro atoms. The number of carboxylic acids is 1. The van der Waals surface area contributed by atoms with Gasteiger partial charge in [-0.15, -0.1) is 0 Å². The van der Waals surface area contributed by atoms with E-state index in [0.717, 1.165) is 16.8 Å². The molecule has 3 aromatic rings. The second-order valence-corrected chi connectivity index (χ2v) is 5.74. The summed E-state index contributed by atoms with van der Waals surface area (Å²) in [7, 11) is 0. The van der Waals surface area contributed by atoms with Gasteiger partial charge in [0.15, 0.2) is 0 Å². The van der Waals surface area contributed by atoms with Crippen molar-refractivity contribution in [2.75, 3.05) is 0 Å². The molecule has 1 N–H and O–H groups in total. The van der Waals surface area contributed by atoms with Crippen molar-refractivity contribution < 1.29 is 31.9 Å². The van der Waals surface area contributed by atoms with Gasteiger partial charge >= 0.3 is 12.1 Å². The van der Waals surface area contributed by atoms with Crippen molar-refractivity contribution in [2.24, 2.45) is 0 Å². The molecule has 0 bridgehead atoms. The number of fused-ring (bicyclic) bond motifs is 1. The third kappa shape index (κ3) is 3.40. The van der Waals surface area contributed by atoms with Crippen molar-refractivity contribution in [1.29, 1.82) is 0 Å². The van der Waals surface area contributed by atoms with E-state index in [9.17, 15) is 31.5 Å². The van der Waals surface area contributed by atoms with Crippen LogP contribution in [0.5, 0.6) is 0 Å². The Labute approximate surface area is 148 Å². The molecule has 0 atom stereocenters. The van der Waals surface area contributed by atoms with E-state index >= 15 is 0 Å². The fourth-order valence-electron chi connectivity index (χ4n) is 2.75. The van der Waals surface area contributed by atoms with Crippen LogP contribution in [-0.2, 0) is 12.7 Å². The van der Waals surface area contributed by atoms with Gasteiger partial charge in [0, 0.05) is 17.1 Å². The van der Waals surface area contributed by atoms with E-state index in [1.54, 1.807) is 0 Å². The van der Waals surface area contributed by atoms with Crippen molar-refractivity contribution in [3.63, 3.8) is 0 Å². The lowest BCUT2D eigenvalue weighted by Gasteiger charge is -2.15. The van der Waals surface area contributed by atoms with Crippen LogP contribution in [0.2, 0.25) is 0 Å². The minimum atomic E-state index is -4.72. The lowest BCUT2D eigenvalue weighted by atomic mass is 10.1. The third-order valence-electron chi connectivity index (χ3n) is 3.99.